The molecule has 1 aliphatic heterocycles. The monoisotopic (exact) mass is 281 g/mol. The third kappa shape index (κ3) is 3.34. The van der Waals surface area contributed by atoms with Crippen LogP contribution in [0, 0.1) is 5.41 Å². The maximum Gasteiger partial charge on any atom is 0.238 e. The Morgan fingerprint density at radius 3 is 3.05 bits per heavy atom. The largest absolute Gasteiger partial charge is 0.345 e. The molecule has 0 aliphatic carbocycles. The second-order valence-corrected chi connectivity index (χ2v) is 6.75. The third-order valence-electron chi connectivity index (χ3n) is 3.86. The molecule has 0 radical (unpaired) electrons. The smallest absolute Gasteiger partial charge is 0.238 e. The number of carbonyl (C=O) groups excluding carboxylic acids is 1. The predicted octanol–water partition coefficient (Wildman–Crippen LogP) is 2.49. The van der Waals surface area contributed by atoms with Crippen LogP contribution in [0.2, 0.25) is 0 Å². The Morgan fingerprint density at radius 2 is 2.47 bits per heavy atom. The van der Waals surface area contributed by atoms with Crippen LogP contribution in [0.5, 0.6) is 0 Å². The number of rotatable bonds is 4. The third-order valence-corrected chi connectivity index (χ3v) is 4.75. The zero-order valence-electron chi connectivity index (χ0n) is 11.9. The van der Waals surface area contributed by atoms with Crippen molar-refractivity contribution in [3.63, 3.8) is 0 Å². The van der Waals surface area contributed by atoms with Crippen molar-refractivity contribution in [2.75, 3.05) is 6.54 Å². The molecule has 1 amide bonds. The van der Waals surface area contributed by atoms with Crippen molar-refractivity contribution in [2.45, 2.75) is 52.1 Å². The van der Waals surface area contributed by atoms with Crippen LogP contribution in [0.1, 0.15) is 51.1 Å². The summed E-state index contributed by atoms with van der Waals surface area (Å²) in [5.74, 6) is 0.103. The molecule has 2 atom stereocenters. The quantitative estimate of drug-likeness (QED) is 0.891. The first kappa shape index (κ1) is 14.5. The van der Waals surface area contributed by atoms with Gasteiger partial charge in [0.2, 0.25) is 5.91 Å². The summed E-state index contributed by atoms with van der Waals surface area (Å²) in [5, 5.41) is 9.44. The molecule has 1 aromatic heterocycles. The molecular weight excluding hydrogens is 258 g/mol. The summed E-state index contributed by atoms with van der Waals surface area (Å²) in [6.07, 6.45) is 4.89. The van der Waals surface area contributed by atoms with Gasteiger partial charge in [-0.2, -0.15) is 0 Å². The van der Waals surface area contributed by atoms with Crippen LogP contribution in [-0.4, -0.2) is 23.5 Å². The van der Waals surface area contributed by atoms with E-state index in [9.17, 15) is 4.79 Å². The van der Waals surface area contributed by atoms with E-state index in [2.05, 4.69) is 36.4 Å². The zero-order valence-corrected chi connectivity index (χ0v) is 12.7. The van der Waals surface area contributed by atoms with Crippen LogP contribution in [-0.2, 0) is 4.79 Å². The number of aromatic nitrogens is 1. The first-order chi connectivity index (χ1) is 9.04. The average Bonchev–Trinajstić information content (AvgIpc) is 2.88. The second-order valence-electron chi connectivity index (χ2n) is 5.82. The Morgan fingerprint density at radius 1 is 1.68 bits per heavy atom. The highest BCUT2D eigenvalue weighted by molar-refractivity contribution is 7.09. The molecule has 19 heavy (non-hydrogen) atoms. The average molecular weight is 281 g/mol. The van der Waals surface area contributed by atoms with Gasteiger partial charge in [-0.15, -0.1) is 11.3 Å². The molecule has 0 aromatic carbocycles. The van der Waals surface area contributed by atoms with Gasteiger partial charge in [-0.3, -0.25) is 4.79 Å². The van der Waals surface area contributed by atoms with Crippen molar-refractivity contribution in [2.24, 2.45) is 5.41 Å². The summed E-state index contributed by atoms with van der Waals surface area (Å²) in [7, 11) is 0. The number of thiazole rings is 1. The van der Waals surface area contributed by atoms with E-state index in [0.717, 1.165) is 30.8 Å². The van der Waals surface area contributed by atoms with Gasteiger partial charge < -0.3 is 10.6 Å². The standard InChI is InChI=1S/C14H23N3OS/c1-4-10(13-16-8-9-19-13)17-12(18)11-14(2,3)6-5-7-15-11/h8-11,15H,4-7H2,1-3H3,(H,17,18). The van der Waals surface area contributed by atoms with Gasteiger partial charge in [-0.1, -0.05) is 20.8 Å². The Labute approximate surface area is 119 Å². The van der Waals surface area contributed by atoms with E-state index in [4.69, 9.17) is 0 Å². The van der Waals surface area contributed by atoms with Crippen molar-refractivity contribution in [3.8, 4) is 0 Å². The van der Waals surface area contributed by atoms with Crippen LogP contribution in [0.4, 0.5) is 0 Å². The van der Waals surface area contributed by atoms with Crippen LogP contribution < -0.4 is 10.6 Å². The van der Waals surface area contributed by atoms with E-state index >= 15 is 0 Å². The maximum absolute atomic E-state index is 12.5. The number of nitrogens with zero attached hydrogens (tertiary/aromatic N) is 1. The summed E-state index contributed by atoms with van der Waals surface area (Å²) in [6.45, 7) is 7.32. The first-order valence-electron chi connectivity index (χ1n) is 6.97. The predicted molar refractivity (Wildman–Crippen MR) is 78.1 cm³/mol. The number of piperidine rings is 1. The summed E-state index contributed by atoms with van der Waals surface area (Å²) < 4.78 is 0. The van der Waals surface area contributed by atoms with Crippen molar-refractivity contribution >= 4 is 17.2 Å². The number of amides is 1. The van der Waals surface area contributed by atoms with E-state index in [1.54, 1.807) is 17.5 Å². The van der Waals surface area contributed by atoms with Crippen molar-refractivity contribution in [1.29, 1.82) is 0 Å². The Balaban J connectivity index is 2.03. The zero-order chi connectivity index (χ0) is 13.9. The molecule has 1 fully saturated rings. The van der Waals surface area contributed by atoms with Crippen molar-refractivity contribution < 1.29 is 4.79 Å². The summed E-state index contributed by atoms with van der Waals surface area (Å²) in [4.78, 5) is 16.8. The molecule has 0 bridgehead atoms. The maximum atomic E-state index is 12.5. The van der Waals surface area contributed by atoms with Crippen LogP contribution in [0.25, 0.3) is 0 Å². The lowest BCUT2D eigenvalue weighted by Crippen LogP contribution is -2.56. The highest BCUT2D eigenvalue weighted by Gasteiger charge is 2.37. The van der Waals surface area contributed by atoms with Crippen LogP contribution in [0.3, 0.4) is 0 Å². The number of hydrogen-bond acceptors (Lipinski definition) is 4. The van der Waals surface area contributed by atoms with Gasteiger partial charge in [-0.05, 0) is 31.2 Å². The molecule has 0 spiro atoms. The lowest BCUT2D eigenvalue weighted by atomic mass is 9.77. The van der Waals surface area contributed by atoms with E-state index < -0.39 is 0 Å². The summed E-state index contributed by atoms with van der Waals surface area (Å²) in [5.41, 5.74) is 0.0174. The highest BCUT2D eigenvalue weighted by atomic mass is 32.1. The molecular formula is C14H23N3OS. The van der Waals surface area contributed by atoms with Gasteiger partial charge in [0.25, 0.3) is 0 Å². The van der Waals surface area contributed by atoms with Gasteiger partial charge in [0.1, 0.15) is 5.01 Å². The van der Waals surface area contributed by atoms with E-state index in [-0.39, 0.29) is 23.4 Å². The lowest BCUT2D eigenvalue weighted by Gasteiger charge is -2.38. The second kappa shape index (κ2) is 6.01. The molecule has 1 aromatic rings. The molecule has 4 nitrogen and oxygen atoms in total. The fourth-order valence-corrected chi connectivity index (χ4v) is 3.43. The fraction of sp³-hybridized carbons (Fsp3) is 0.714. The molecule has 2 unspecified atom stereocenters. The molecule has 2 N–H and O–H groups in total. The highest BCUT2D eigenvalue weighted by Crippen LogP contribution is 2.30. The van der Waals surface area contributed by atoms with Gasteiger partial charge in [0.05, 0.1) is 12.1 Å². The summed E-state index contributed by atoms with van der Waals surface area (Å²) >= 11 is 1.60. The lowest BCUT2D eigenvalue weighted by molar-refractivity contribution is -0.127. The van der Waals surface area contributed by atoms with Gasteiger partial charge in [-0.25, -0.2) is 4.98 Å². The SMILES string of the molecule is CCC(NC(=O)C1NCCCC1(C)C)c1nccs1. The number of nitrogens with one attached hydrogen (secondary N) is 2. The van der Waals surface area contributed by atoms with Crippen LogP contribution >= 0.6 is 11.3 Å². The molecule has 106 valence electrons. The minimum atomic E-state index is -0.102. The minimum Gasteiger partial charge on any atom is -0.345 e. The molecule has 0 saturated carbocycles. The van der Waals surface area contributed by atoms with Gasteiger partial charge in [0, 0.05) is 11.6 Å². The topological polar surface area (TPSA) is 54.0 Å². The number of carbonyl (C=O) groups is 1. The number of hydrogen-bond donors (Lipinski definition) is 2. The van der Waals surface area contributed by atoms with E-state index in [0.29, 0.717) is 0 Å². The Hall–Kier alpha value is -0.940. The van der Waals surface area contributed by atoms with E-state index in [1.807, 2.05) is 5.38 Å². The Bertz CT molecular complexity index is 416. The molecule has 1 saturated heterocycles. The van der Waals surface area contributed by atoms with E-state index in [1.165, 1.54) is 0 Å². The molecule has 2 rings (SSSR count). The van der Waals surface area contributed by atoms with Crippen molar-refractivity contribution in [3.05, 3.63) is 16.6 Å². The summed E-state index contributed by atoms with van der Waals surface area (Å²) in [6, 6.07) is -0.0673. The van der Waals surface area contributed by atoms with Crippen LogP contribution in [0.15, 0.2) is 11.6 Å². The molecule has 1 aliphatic rings. The normalized spacial score (nSPS) is 23.8. The fourth-order valence-electron chi connectivity index (χ4n) is 2.66. The Kier molecular flexibility index (Phi) is 4.58. The van der Waals surface area contributed by atoms with Gasteiger partial charge in [0.15, 0.2) is 0 Å². The first-order valence-corrected chi connectivity index (χ1v) is 7.85. The van der Waals surface area contributed by atoms with Gasteiger partial charge >= 0.3 is 0 Å². The molecule has 2 heterocycles. The molecule has 5 heteroatoms. The van der Waals surface area contributed by atoms with Crippen molar-refractivity contribution in [1.82, 2.24) is 15.6 Å². The minimum absolute atomic E-state index is 0.0174.